The van der Waals surface area contributed by atoms with Crippen molar-refractivity contribution < 1.29 is 0 Å². The van der Waals surface area contributed by atoms with Crippen LogP contribution in [0.3, 0.4) is 0 Å². The molecule has 0 saturated heterocycles. The number of H-pyrrole nitrogens is 2. The van der Waals surface area contributed by atoms with Crippen LogP contribution >= 0.6 is 0 Å². The van der Waals surface area contributed by atoms with Crippen molar-refractivity contribution in [1.29, 1.82) is 0 Å². The van der Waals surface area contributed by atoms with E-state index in [9.17, 15) is 9.59 Å². The van der Waals surface area contributed by atoms with Crippen molar-refractivity contribution in [2.75, 3.05) is 5.32 Å². The van der Waals surface area contributed by atoms with Gasteiger partial charge in [-0.25, -0.2) is 9.78 Å². The normalized spacial score (nSPS) is 15.5. The summed E-state index contributed by atoms with van der Waals surface area (Å²) < 4.78 is 1.65. The van der Waals surface area contributed by atoms with Crippen LogP contribution in [-0.2, 0) is 0 Å². The highest BCUT2D eigenvalue weighted by Gasteiger charge is 2.23. The van der Waals surface area contributed by atoms with E-state index in [1.807, 2.05) is 24.3 Å². The Morgan fingerprint density at radius 3 is 2.93 bits per heavy atom. The molecule has 8 nitrogen and oxygen atoms in total. The van der Waals surface area contributed by atoms with Crippen LogP contribution in [0.15, 0.2) is 64.5 Å². The molecule has 0 saturated carbocycles. The SMILES string of the molecule is O=c1[nH]cccc1Nc1ncc2[nH]c(=O)n(C3CC=Cc4ccccc43)c2n1. The Hall–Kier alpha value is -3.94. The number of rotatable bonds is 3. The van der Waals surface area contributed by atoms with E-state index in [1.165, 1.54) is 0 Å². The molecule has 4 aromatic rings. The number of nitrogens with zero attached hydrogens (tertiary/aromatic N) is 3. The molecule has 1 aliphatic rings. The topological polar surface area (TPSA) is 108 Å². The van der Waals surface area contributed by atoms with Gasteiger partial charge in [-0.3, -0.25) is 9.36 Å². The third-order valence-corrected chi connectivity index (χ3v) is 4.85. The van der Waals surface area contributed by atoms with Crippen LogP contribution in [0.4, 0.5) is 11.6 Å². The minimum atomic E-state index is -0.274. The Bertz CT molecular complexity index is 1330. The van der Waals surface area contributed by atoms with Crippen LogP contribution in [0, 0.1) is 0 Å². The molecule has 8 heteroatoms. The second-order valence-corrected chi connectivity index (χ2v) is 6.55. The predicted molar refractivity (Wildman–Crippen MR) is 107 cm³/mol. The highest BCUT2D eigenvalue weighted by atomic mass is 16.1. The third kappa shape index (κ3) is 2.62. The van der Waals surface area contributed by atoms with Crippen molar-refractivity contribution >= 4 is 28.9 Å². The largest absolute Gasteiger partial charge is 0.328 e. The molecular weight excluding hydrogens is 356 g/mol. The Labute approximate surface area is 158 Å². The summed E-state index contributed by atoms with van der Waals surface area (Å²) in [5.74, 6) is 0.247. The van der Waals surface area contributed by atoms with Crippen molar-refractivity contribution in [3.05, 3.63) is 86.8 Å². The maximum absolute atomic E-state index is 12.7. The molecular formula is C20H16N6O2. The Kier molecular flexibility index (Phi) is 3.68. The second kappa shape index (κ2) is 6.34. The van der Waals surface area contributed by atoms with E-state index >= 15 is 0 Å². The Morgan fingerprint density at radius 1 is 1.14 bits per heavy atom. The van der Waals surface area contributed by atoms with Crippen LogP contribution in [-0.4, -0.2) is 24.5 Å². The lowest BCUT2D eigenvalue weighted by Gasteiger charge is -2.22. The average molecular weight is 372 g/mol. The number of hydrogen-bond acceptors (Lipinski definition) is 5. The molecule has 3 aromatic heterocycles. The number of benzene rings is 1. The molecule has 28 heavy (non-hydrogen) atoms. The fourth-order valence-electron chi connectivity index (χ4n) is 3.57. The molecule has 5 rings (SSSR count). The fourth-order valence-corrected chi connectivity index (χ4v) is 3.57. The number of hydrogen-bond donors (Lipinski definition) is 3. The first kappa shape index (κ1) is 16.2. The highest BCUT2D eigenvalue weighted by Crippen LogP contribution is 2.31. The van der Waals surface area contributed by atoms with Gasteiger partial charge in [0.05, 0.1) is 12.2 Å². The number of pyridine rings is 1. The standard InChI is InChI=1S/C20H16N6O2/c27-18-14(8-4-10-21-18)23-19-22-11-15-17(25-19)26(20(28)24-15)16-9-3-6-12-5-1-2-7-13(12)16/h1-8,10-11,16H,9H2,(H,21,27)(H,24,28)(H,22,23,25). The summed E-state index contributed by atoms with van der Waals surface area (Å²) in [7, 11) is 0. The van der Waals surface area contributed by atoms with Gasteiger partial charge < -0.3 is 15.3 Å². The second-order valence-electron chi connectivity index (χ2n) is 6.55. The molecule has 0 bridgehead atoms. The molecule has 0 spiro atoms. The van der Waals surface area contributed by atoms with Gasteiger partial charge >= 0.3 is 5.69 Å². The van der Waals surface area contributed by atoms with Crippen LogP contribution in [0.5, 0.6) is 0 Å². The zero-order valence-electron chi connectivity index (χ0n) is 14.7. The molecule has 138 valence electrons. The molecule has 0 aliphatic heterocycles. The van der Waals surface area contributed by atoms with Gasteiger partial charge in [0, 0.05) is 6.20 Å². The lowest BCUT2D eigenvalue weighted by Crippen LogP contribution is -2.24. The zero-order chi connectivity index (χ0) is 19.1. The predicted octanol–water partition coefficient (Wildman–Crippen LogP) is 2.56. The van der Waals surface area contributed by atoms with E-state index < -0.39 is 0 Å². The van der Waals surface area contributed by atoms with E-state index in [4.69, 9.17) is 0 Å². The molecule has 3 N–H and O–H groups in total. The maximum atomic E-state index is 12.7. The first-order chi connectivity index (χ1) is 13.7. The van der Waals surface area contributed by atoms with E-state index in [-0.39, 0.29) is 23.2 Å². The molecule has 0 radical (unpaired) electrons. The van der Waals surface area contributed by atoms with Gasteiger partial charge in [-0.15, -0.1) is 0 Å². The summed E-state index contributed by atoms with van der Waals surface area (Å²) in [6.45, 7) is 0. The molecule has 0 fully saturated rings. The van der Waals surface area contributed by atoms with Gasteiger partial charge in [0.1, 0.15) is 11.2 Å². The number of nitrogens with one attached hydrogen (secondary N) is 3. The number of imidazole rings is 1. The lowest BCUT2D eigenvalue weighted by atomic mass is 9.93. The van der Waals surface area contributed by atoms with E-state index in [0.29, 0.717) is 23.3 Å². The van der Waals surface area contributed by atoms with Crippen molar-refractivity contribution in [2.45, 2.75) is 12.5 Å². The summed E-state index contributed by atoms with van der Waals surface area (Å²) in [5.41, 5.74) is 3.01. The van der Waals surface area contributed by atoms with Crippen LogP contribution < -0.4 is 16.6 Å². The molecule has 3 heterocycles. The number of aromatic nitrogens is 5. The van der Waals surface area contributed by atoms with Crippen LogP contribution in [0.2, 0.25) is 0 Å². The smallest absolute Gasteiger partial charge is 0.327 e. The first-order valence-corrected chi connectivity index (χ1v) is 8.88. The monoisotopic (exact) mass is 372 g/mol. The van der Waals surface area contributed by atoms with Crippen LogP contribution in [0.1, 0.15) is 23.6 Å². The number of aromatic amines is 2. The van der Waals surface area contributed by atoms with Crippen molar-refractivity contribution in [3.63, 3.8) is 0 Å². The minimum absolute atomic E-state index is 0.162. The summed E-state index contributed by atoms with van der Waals surface area (Å²) >= 11 is 0. The van der Waals surface area contributed by atoms with Crippen LogP contribution in [0.25, 0.3) is 17.2 Å². The van der Waals surface area contributed by atoms with Gasteiger partial charge in [-0.2, -0.15) is 4.98 Å². The summed E-state index contributed by atoms with van der Waals surface area (Å²) in [4.78, 5) is 38.8. The molecule has 1 atom stereocenters. The lowest BCUT2D eigenvalue weighted by molar-refractivity contribution is 0.581. The average Bonchev–Trinajstić information content (AvgIpc) is 3.04. The number of anilines is 2. The quantitative estimate of drug-likeness (QED) is 0.512. The van der Waals surface area contributed by atoms with E-state index in [0.717, 1.165) is 11.1 Å². The van der Waals surface area contributed by atoms with E-state index in [1.54, 1.807) is 29.1 Å². The van der Waals surface area contributed by atoms with Gasteiger partial charge in [-0.05, 0) is 29.7 Å². The van der Waals surface area contributed by atoms with Gasteiger partial charge in [0.2, 0.25) is 5.95 Å². The Morgan fingerprint density at radius 2 is 2.04 bits per heavy atom. The molecule has 1 aromatic carbocycles. The summed E-state index contributed by atoms with van der Waals surface area (Å²) in [5, 5.41) is 2.91. The summed E-state index contributed by atoms with van der Waals surface area (Å²) in [6, 6.07) is 11.2. The molecule has 1 aliphatic carbocycles. The molecule has 0 amide bonds. The number of allylic oxidation sites excluding steroid dienone is 1. The third-order valence-electron chi connectivity index (χ3n) is 4.85. The summed E-state index contributed by atoms with van der Waals surface area (Å²) in [6.07, 6.45) is 7.91. The molecule has 1 unspecified atom stereocenters. The highest BCUT2D eigenvalue weighted by molar-refractivity contribution is 5.72. The van der Waals surface area contributed by atoms with Crippen molar-refractivity contribution in [1.82, 2.24) is 24.5 Å². The van der Waals surface area contributed by atoms with E-state index in [2.05, 4.69) is 37.4 Å². The van der Waals surface area contributed by atoms with Gasteiger partial charge in [-0.1, -0.05) is 36.4 Å². The maximum Gasteiger partial charge on any atom is 0.328 e. The van der Waals surface area contributed by atoms with Gasteiger partial charge in [0.25, 0.3) is 5.56 Å². The number of fused-ring (bicyclic) bond motifs is 2. The van der Waals surface area contributed by atoms with Crippen molar-refractivity contribution in [3.8, 4) is 0 Å². The Balaban J connectivity index is 1.63. The van der Waals surface area contributed by atoms with Gasteiger partial charge in [0.15, 0.2) is 5.65 Å². The fraction of sp³-hybridized carbons (Fsp3) is 0.100. The first-order valence-electron chi connectivity index (χ1n) is 8.88. The minimum Gasteiger partial charge on any atom is -0.327 e. The van der Waals surface area contributed by atoms with Crippen molar-refractivity contribution in [2.24, 2.45) is 0 Å². The zero-order valence-corrected chi connectivity index (χ0v) is 14.7.